The molecule has 0 bridgehead atoms. The van der Waals surface area contributed by atoms with Gasteiger partial charge in [-0.05, 0) is 54.2 Å². The van der Waals surface area contributed by atoms with E-state index in [0.717, 1.165) is 22.3 Å². The Hall–Kier alpha value is -1.87. The molecule has 2 rings (SSSR count). The van der Waals surface area contributed by atoms with Crippen LogP contribution in [0.15, 0.2) is 30.3 Å². The van der Waals surface area contributed by atoms with Crippen LogP contribution in [-0.4, -0.2) is 11.1 Å². The lowest BCUT2D eigenvalue weighted by Gasteiger charge is -2.15. The van der Waals surface area contributed by atoms with Crippen LogP contribution in [0, 0.1) is 19.7 Å². The number of benzene rings is 2. The molecule has 0 saturated carbocycles. The number of rotatable bonds is 4. The number of carbonyl (C=O) groups is 1. The van der Waals surface area contributed by atoms with E-state index in [9.17, 15) is 9.18 Å². The minimum Gasteiger partial charge on any atom is -0.481 e. The van der Waals surface area contributed by atoms with Crippen molar-refractivity contribution in [1.82, 2.24) is 0 Å². The van der Waals surface area contributed by atoms with Crippen molar-refractivity contribution in [2.45, 2.75) is 26.7 Å². The van der Waals surface area contributed by atoms with Crippen LogP contribution in [0.4, 0.5) is 4.39 Å². The van der Waals surface area contributed by atoms with Crippen LogP contribution in [0.25, 0.3) is 11.1 Å². The van der Waals surface area contributed by atoms with Crippen LogP contribution < -0.4 is 0 Å². The second-order valence-corrected chi connectivity index (χ2v) is 5.44. The molecule has 2 aromatic carbocycles. The van der Waals surface area contributed by atoms with Crippen molar-refractivity contribution >= 4 is 17.6 Å². The fourth-order valence-corrected chi connectivity index (χ4v) is 2.68. The van der Waals surface area contributed by atoms with Crippen molar-refractivity contribution in [3.05, 3.63) is 57.9 Å². The van der Waals surface area contributed by atoms with Crippen LogP contribution in [0.1, 0.15) is 23.1 Å². The molecule has 0 aromatic heterocycles. The van der Waals surface area contributed by atoms with Gasteiger partial charge in [0.2, 0.25) is 0 Å². The molecule has 0 spiro atoms. The highest BCUT2D eigenvalue weighted by Gasteiger charge is 2.17. The molecule has 4 heteroatoms. The van der Waals surface area contributed by atoms with Gasteiger partial charge in [-0.3, -0.25) is 4.79 Å². The van der Waals surface area contributed by atoms with Crippen molar-refractivity contribution < 1.29 is 14.3 Å². The number of hydrogen-bond acceptors (Lipinski definition) is 1. The Balaban J connectivity index is 2.58. The minimum atomic E-state index is -0.953. The molecule has 1 N–H and O–H groups in total. The van der Waals surface area contributed by atoms with Crippen molar-refractivity contribution in [1.29, 1.82) is 0 Å². The van der Waals surface area contributed by atoms with Crippen LogP contribution in [0.3, 0.4) is 0 Å². The van der Waals surface area contributed by atoms with Crippen molar-refractivity contribution in [2.24, 2.45) is 0 Å². The molecule has 0 radical (unpaired) electrons. The first-order chi connectivity index (χ1) is 9.91. The number of hydrogen-bond donors (Lipinski definition) is 1. The van der Waals surface area contributed by atoms with E-state index in [1.807, 2.05) is 31.2 Å². The van der Waals surface area contributed by atoms with Crippen molar-refractivity contribution in [2.75, 3.05) is 0 Å². The summed E-state index contributed by atoms with van der Waals surface area (Å²) in [7, 11) is 0. The largest absolute Gasteiger partial charge is 0.481 e. The summed E-state index contributed by atoms with van der Waals surface area (Å²) in [6, 6.07) is 9.38. The van der Waals surface area contributed by atoms with Crippen LogP contribution >= 0.6 is 11.6 Å². The maximum absolute atomic E-state index is 14.2. The van der Waals surface area contributed by atoms with E-state index in [1.165, 1.54) is 0 Å². The summed E-state index contributed by atoms with van der Waals surface area (Å²) in [5.41, 5.74) is 4.01. The minimum absolute atomic E-state index is 0.0271. The summed E-state index contributed by atoms with van der Waals surface area (Å²) in [6.07, 6.45) is 0.0117. The predicted octanol–water partition coefficient (Wildman–Crippen LogP) is 4.78. The maximum atomic E-state index is 14.2. The van der Waals surface area contributed by atoms with Gasteiger partial charge in [-0.25, -0.2) is 4.39 Å². The zero-order valence-corrected chi connectivity index (χ0v) is 12.7. The fraction of sp³-hybridized carbons (Fsp3) is 0.235. The van der Waals surface area contributed by atoms with Gasteiger partial charge in [0.25, 0.3) is 0 Å². The summed E-state index contributed by atoms with van der Waals surface area (Å²) >= 11 is 5.99. The molecule has 0 aliphatic carbocycles. The first-order valence-electron chi connectivity index (χ1n) is 6.67. The monoisotopic (exact) mass is 306 g/mol. The fourth-order valence-electron chi connectivity index (χ4n) is 2.45. The normalized spacial score (nSPS) is 10.7. The number of carboxylic acids is 1. The van der Waals surface area contributed by atoms with Gasteiger partial charge in [0.1, 0.15) is 5.82 Å². The lowest BCUT2D eigenvalue weighted by Crippen LogP contribution is -2.03. The van der Waals surface area contributed by atoms with Gasteiger partial charge >= 0.3 is 5.97 Å². The van der Waals surface area contributed by atoms with E-state index in [0.29, 0.717) is 5.56 Å². The van der Waals surface area contributed by atoms with Gasteiger partial charge in [-0.2, -0.15) is 0 Å². The topological polar surface area (TPSA) is 37.3 Å². The molecular weight excluding hydrogens is 291 g/mol. The average Bonchev–Trinajstić information content (AvgIpc) is 2.43. The molecule has 0 saturated heterocycles. The molecule has 0 atom stereocenters. The Morgan fingerprint density at radius 1 is 1.24 bits per heavy atom. The number of aliphatic carboxylic acids is 1. The summed E-state index contributed by atoms with van der Waals surface area (Å²) in [5, 5.41) is 8.83. The van der Waals surface area contributed by atoms with E-state index in [2.05, 4.69) is 0 Å². The van der Waals surface area contributed by atoms with Gasteiger partial charge in [0.15, 0.2) is 0 Å². The van der Waals surface area contributed by atoms with E-state index in [4.69, 9.17) is 16.7 Å². The first kappa shape index (κ1) is 15.5. The molecule has 0 heterocycles. The number of aryl methyl sites for hydroxylation is 1. The average molecular weight is 307 g/mol. The van der Waals surface area contributed by atoms with Gasteiger partial charge in [0.05, 0.1) is 5.02 Å². The Bertz CT molecular complexity index is 695. The molecule has 2 nitrogen and oxygen atoms in total. The lowest BCUT2D eigenvalue weighted by atomic mass is 9.91. The third kappa shape index (κ3) is 3.24. The van der Waals surface area contributed by atoms with Crippen LogP contribution in [0.2, 0.25) is 5.02 Å². The second-order valence-electron chi connectivity index (χ2n) is 5.03. The molecule has 21 heavy (non-hydrogen) atoms. The molecule has 0 unspecified atom stereocenters. The Kier molecular flexibility index (Phi) is 4.63. The van der Waals surface area contributed by atoms with Gasteiger partial charge in [0, 0.05) is 6.42 Å². The predicted molar refractivity (Wildman–Crippen MR) is 82.3 cm³/mol. The summed E-state index contributed by atoms with van der Waals surface area (Å²) < 4.78 is 14.2. The molecule has 0 aliphatic rings. The van der Waals surface area contributed by atoms with E-state index in [1.54, 1.807) is 13.0 Å². The summed E-state index contributed by atoms with van der Waals surface area (Å²) in [4.78, 5) is 10.7. The van der Waals surface area contributed by atoms with Gasteiger partial charge in [-0.15, -0.1) is 0 Å². The number of halogens is 2. The van der Waals surface area contributed by atoms with Crippen LogP contribution in [-0.2, 0) is 11.2 Å². The van der Waals surface area contributed by atoms with Gasteiger partial charge in [-0.1, -0.05) is 35.9 Å². The SMILES string of the molecule is Cc1ccccc1-c1cc(Cl)c(F)c(CCC(=O)O)c1C. The maximum Gasteiger partial charge on any atom is 0.303 e. The van der Waals surface area contributed by atoms with E-state index in [-0.39, 0.29) is 17.9 Å². The van der Waals surface area contributed by atoms with Crippen LogP contribution in [0.5, 0.6) is 0 Å². The smallest absolute Gasteiger partial charge is 0.303 e. The third-order valence-corrected chi connectivity index (χ3v) is 3.90. The molecule has 0 fully saturated rings. The molecular formula is C17H16ClFO2. The van der Waals surface area contributed by atoms with E-state index < -0.39 is 11.8 Å². The highest BCUT2D eigenvalue weighted by atomic mass is 35.5. The Morgan fingerprint density at radius 2 is 1.90 bits per heavy atom. The summed E-state index contributed by atoms with van der Waals surface area (Å²) in [5.74, 6) is -1.47. The third-order valence-electron chi connectivity index (χ3n) is 3.63. The second kappa shape index (κ2) is 6.27. The molecule has 0 amide bonds. The Morgan fingerprint density at radius 3 is 2.52 bits per heavy atom. The number of carboxylic acid groups (broad SMARTS) is 1. The van der Waals surface area contributed by atoms with Crippen molar-refractivity contribution in [3.8, 4) is 11.1 Å². The lowest BCUT2D eigenvalue weighted by molar-refractivity contribution is -0.136. The molecule has 2 aromatic rings. The Labute approximate surface area is 128 Å². The molecule has 110 valence electrons. The van der Waals surface area contributed by atoms with Gasteiger partial charge < -0.3 is 5.11 Å². The summed E-state index contributed by atoms with van der Waals surface area (Å²) in [6.45, 7) is 3.78. The first-order valence-corrected chi connectivity index (χ1v) is 7.05. The highest BCUT2D eigenvalue weighted by Crippen LogP contribution is 2.34. The highest BCUT2D eigenvalue weighted by molar-refractivity contribution is 6.31. The molecule has 0 aliphatic heterocycles. The standard InChI is InChI=1S/C17H16ClFO2/c1-10-5-3-4-6-12(10)14-9-15(18)17(19)13(11(14)2)7-8-16(20)21/h3-6,9H,7-8H2,1-2H3,(H,20,21). The zero-order chi connectivity index (χ0) is 15.6. The zero-order valence-electron chi connectivity index (χ0n) is 11.9. The van der Waals surface area contributed by atoms with E-state index >= 15 is 0 Å². The van der Waals surface area contributed by atoms with Crippen molar-refractivity contribution in [3.63, 3.8) is 0 Å². The quantitative estimate of drug-likeness (QED) is 0.882.